The van der Waals surface area contributed by atoms with Crippen molar-refractivity contribution in [3.8, 4) is 22.6 Å². The van der Waals surface area contributed by atoms with E-state index < -0.39 is 12.1 Å². The van der Waals surface area contributed by atoms with Gasteiger partial charge in [0.1, 0.15) is 11.5 Å². The van der Waals surface area contributed by atoms with Crippen molar-refractivity contribution in [3.63, 3.8) is 0 Å². The van der Waals surface area contributed by atoms with Gasteiger partial charge in [0, 0.05) is 11.6 Å². The summed E-state index contributed by atoms with van der Waals surface area (Å²) in [4.78, 5) is 0. The standard InChI is InChI=1S/C14H11F3O2/c1-9-3-2-4-10(7-9)12-6-5-11(8-13(12)18)19-14(15,16)17/h2-8,18H,1H3. The lowest BCUT2D eigenvalue weighted by Crippen LogP contribution is -2.16. The van der Waals surface area contributed by atoms with E-state index in [9.17, 15) is 18.3 Å². The number of phenols is 1. The summed E-state index contributed by atoms with van der Waals surface area (Å²) < 4.78 is 39.9. The second kappa shape index (κ2) is 4.84. The van der Waals surface area contributed by atoms with Crippen molar-refractivity contribution in [1.82, 2.24) is 0 Å². The SMILES string of the molecule is Cc1cccc(-c2ccc(OC(F)(F)F)cc2O)c1. The minimum Gasteiger partial charge on any atom is -0.507 e. The Bertz CT molecular complexity index is 591. The number of aromatic hydroxyl groups is 1. The van der Waals surface area contributed by atoms with E-state index in [1.165, 1.54) is 12.1 Å². The van der Waals surface area contributed by atoms with Gasteiger partial charge in [-0.1, -0.05) is 29.8 Å². The highest BCUT2D eigenvalue weighted by Crippen LogP contribution is 2.34. The summed E-state index contributed by atoms with van der Waals surface area (Å²) in [6, 6.07) is 10.8. The van der Waals surface area contributed by atoms with E-state index in [4.69, 9.17) is 0 Å². The van der Waals surface area contributed by atoms with E-state index in [1.54, 1.807) is 6.07 Å². The van der Waals surface area contributed by atoms with Crippen LogP contribution in [0.15, 0.2) is 42.5 Å². The molecule has 0 amide bonds. The number of alkyl halides is 3. The highest BCUT2D eigenvalue weighted by molar-refractivity contribution is 5.71. The normalized spacial score (nSPS) is 11.4. The molecule has 0 saturated carbocycles. The molecule has 0 aliphatic heterocycles. The van der Waals surface area contributed by atoms with Crippen LogP contribution in [-0.4, -0.2) is 11.5 Å². The molecule has 0 radical (unpaired) electrons. The van der Waals surface area contributed by atoms with Gasteiger partial charge in [0.25, 0.3) is 0 Å². The third-order valence-electron chi connectivity index (χ3n) is 2.53. The van der Waals surface area contributed by atoms with Crippen LogP contribution < -0.4 is 4.74 Å². The van der Waals surface area contributed by atoms with Crippen molar-refractivity contribution in [1.29, 1.82) is 0 Å². The van der Waals surface area contributed by atoms with Gasteiger partial charge >= 0.3 is 6.36 Å². The molecule has 0 aliphatic carbocycles. The molecule has 2 aromatic carbocycles. The van der Waals surface area contributed by atoms with Gasteiger partial charge in [-0.2, -0.15) is 0 Å². The molecule has 2 aromatic rings. The number of aryl methyl sites for hydroxylation is 1. The fourth-order valence-corrected chi connectivity index (χ4v) is 1.77. The van der Waals surface area contributed by atoms with Crippen molar-refractivity contribution < 1.29 is 23.0 Å². The quantitative estimate of drug-likeness (QED) is 0.881. The molecule has 19 heavy (non-hydrogen) atoms. The molecule has 5 heteroatoms. The zero-order valence-corrected chi connectivity index (χ0v) is 10.0. The maximum Gasteiger partial charge on any atom is 0.573 e. The van der Waals surface area contributed by atoms with Crippen LogP contribution in [0.25, 0.3) is 11.1 Å². The van der Waals surface area contributed by atoms with E-state index in [0.29, 0.717) is 5.56 Å². The van der Waals surface area contributed by atoms with Gasteiger partial charge in [-0.05, 0) is 24.6 Å². The molecular formula is C14H11F3O2. The lowest BCUT2D eigenvalue weighted by atomic mass is 10.0. The minimum absolute atomic E-state index is 0.257. The van der Waals surface area contributed by atoms with E-state index >= 15 is 0 Å². The summed E-state index contributed by atoms with van der Waals surface area (Å²) in [5.41, 5.74) is 2.18. The van der Waals surface area contributed by atoms with Crippen LogP contribution >= 0.6 is 0 Å². The van der Waals surface area contributed by atoms with Crippen molar-refractivity contribution >= 4 is 0 Å². The number of ether oxygens (including phenoxy) is 1. The van der Waals surface area contributed by atoms with Crippen LogP contribution in [0.4, 0.5) is 13.2 Å². The van der Waals surface area contributed by atoms with Crippen LogP contribution in [0.2, 0.25) is 0 Å². The molecule has 2 nitrogen and oxygen atoms in total. The summed E-state index contributed by atoms with van der Waals surface area (Å²) in [5, 5.41) is 9.79. The van der Waals surface area contributed by atoms with Gasteiger partial charge in [-0.15, -0.1) is 13.2 Å². The summed E-state index contributed by atoms with van der Waals surface area (Å²) in [7, 11) is 0. The number of halogens is 3. The second-order valence-corrected chi connectivity index (χ2v) is 4.10. The number of phenolic OH excluding ortho intramolecular Hbond substituents is 1. The first kappa shape index (κ1) is 13.3. The Hall–Kier alpha value is -2.17. The number of rotatable bonds is 2. The maximum absolute atomic E-state index is 12.0. The zero-order valence-electron chi connectivity index (χ0n) is 10.0. The lowest BCUT2D eigenvalue weighted by molar-refractivity contribution is -0.274. The molecule has 0 bridgehead atoms. The van der Waals surface area contributed by atoms with Crippen LogP contribution in [0.1, 0.15) is 5.56 Å². The van der Waals surface area contributed by atoms with Gasteiger partial charge in [0.15, 0.2) is 0 Å². The average molecular weight is 268 g/mol. The predicted molar refractivity (Wildman–Crippen MR) is 65.0 cm³/mol. The lowest BCUT2D eigenvalue weighted by Gasteiger charge is -2.11. The highest BCUT2D eigenvalue weighted by Gasteiger charge is 2.31. The average Bonchev–Trinajstić information content (AvgIpc) is 2.26. The predicted octanol–water partition coefficient (Wildman–Crippen LogP) is 4.27. The molecular weight excluding hydrogens is 257 g/mol. The molecule has 100 valence electrons. The van der Waals surface area contributed by atoms with Gasteiger partial charge in [-0.3, -0.25) is 0 Å². The first-order chi connectivity index (χ1) is 8.85. The first-order valence-corrected chi connectivity index (χ1v) is 5.51. The third-order valence-corrected chi connectivity index (χ3v) is 2.53. The van der Waals surface area contributed by atoms with Crippen LogP contribution in [0, 0.1) is 6.92 Å². The molecule has 0 aliphatic rings. The summed E-state index contributed by atoms with van der Waals surface area (Å²) >= 11 is 0. The van der Waals surface area contributed by atoms with Crippen LogP contribution in [0.5, 0.6) is 11.5 Å². The summed E-state index contributed by atoms with van der Waals surface area (Å²) in [6.07, 6.45) is -4.77. The fraction of sp³-hybridized carbons (Fsp3) is 0.143. The van der Waals surface area contributed by atoms with Crippen molar-refractivity contribution in [2.24, 2.45) is 0 Å². The molecule has 0 spiro atoms. The Morgan fingerprint density at radius 1 is 1.05 bits per heavy atom. The number of benzene rings is 2. The van der Waals surface area contributed by atoms with Crippen molar-refractivity contribution in [2.45, 2.75) is 13.3 Å². The molecule has 2 rings (SSSR count). The summed E-state index contributed by atoms with van der Waals surface area (Å²) in [6.45, 7) is 1.89. The molecule has 0 aromatic heterocycles. The summed E-state index contributed by atoms with van der Waals surface area (Å²) in [5.74, 6) is -0.700. The van der Waals surface area contributed by atoms with E-state index in [2.05, 4.69) is 4.74 Å². The van der Waals surface area contributed by atoms with E-state index in [0.717, 1.165) is 17.2 Å². The topological polar surface area (TPSA) is 29.5 Å². The zero-order chi connectivity index (χ0) is 14.0. The Kier molecular flexibility index (Phi) is 3.38. The largest absolute Gasteiger partial charge is 0.573 e. The number of hydrogen-bond donors (Lipinski definition) is 1. The third kappa shape index (κ3) is 3.40. The van der Waals surface area contributed by atoms with E-state index in [-0.39, 0.29) is 5.75 Å². The van der Waals surface area contributed by atoms with Crippen molar-refractivity contribution in [2.75, 3.05) is 0 Å². The van der Waals surface area contributed by atoms with Crippen LogP contribution in [-0.2, 0) is 0 Å². The van der Waals surface area contributed by atoms with E-state index in [1.807, 2.05) is 25.1 Å². The van der Waals surface area contributed by atoms with Gasteiger partial charge in [0.2, 0.25) is 0 Å². The van der Waals surface area contributed by atoms with Crippen molar-refractivity contribution in [3.05, 3.63) is 48.0 Å². The van der Waals surface area contributed by atoms with Gasteiger partial charge in [-0.25, -0.2) is 0 Å². The molecule has 0 heterocycles. The smallest absolute Gasteiger partial charge is 0.507 e. The van der Waals surface area contributed by atoms with Crippen LogP contribution in [0.3, 0.4) is 0 Å². The molecule has 0 unspecified atom stereocenters. The molecule has 0 saturated heterocycles. The Labute approximate surface area is 108 Å². The van der Waals surface area contributed by atoms with Gasteiger partial charge in [0.05, 0.1) is 0 Å². The Balaban J connectivity index is 2.34. The number of hydrogen-bond acceptors (Lipinski definition) is 2. The second-order valence-electron chi connectivity index (χ2n) is 4.10. The molecule has 1 N–H and O–H groups in total. The first-order valence-electron chi connectivity index (χ1n) is 5.51. The Morgan fingerprint density at radius 3 is 2.37 bits per heavy atom. The maximum atomic E-state index is 12.0. The minimum atomic E-state index is -4.77. The Morgan fingerprint density at radius 2 is 1.79 bits per heavy atom. The molecule has 0 fully saturated rings. The highest BCUT2D eigenvalue weighted by atomic mass is 19.4. The fourth-order valence-electron chi connectivity index (χ4n) is 1.77. The van der Waals surface area contributed by atoms with Gasteiger partial charge < -0.3 is 9.84 Å². The molecule has 0 atom stereocenters. The monoisotopic (exact) mass is 268 g/mol.